The summed E-state index contributed by atoms with van der Waals surface area (Å²) in [5.74, 6) is -0.445. The first-order chi connectivity index (χ1) is 8.44. The van der Waals surface area contributed by atoms with E-state index in [-0.39, 0.29) is 5.03 Å². The number of carbonyl (C=O) groups excluding carboxylic acids is 1. The van der Waals surface area contributed by atoms with Crippen molar-refractivity contribution in [3.63, 3.8) is 0 Å². The number of hydrogen-bond donors (Lipinski definition) is 0. The standard InChI is InChI=1S/C14H16ClNO2/c1-14(9-16(2)3)11(12(15)13(17)18-14)10-7-5-4-6-8-10/h4-8H,9H2,1-3H3/t14-/m0/s1. The highest BCUT2D eigenvalue weighted by Gasteiger charge is 2.44. The summed E-state index contributed by atoms with van der Waals surface area (Å²) in [6.45, 7) is 2.49. The number of hydrogen-bond acceptors (Lipinski definition) is 3. The van der Waals surface area contributed by atoms with Gasteiger partial charge in [0.1, 0.15) is 10.6 Å². The molecule has 2 rings (SSSR count). The second-order valence-corrected chi connectivity index (χ2v) is 5.29. The molecule has 0 aliphatic carbocycles. The van der Waals surface area contributed by atoms with Crippen molar-refractivity contribution in [2.45, 2.75) is 12.5 Å². The van der Waals surface area contributed by atoms with Gasteiger partial charge in [-0.2, -0.15) is 0 Å². The van der Waals surface area contributed by atoms with Crippen LogP contribution in [0.1, 0.15) is 12.5 Å². The second-order valence-electron chi connectivity index (χ2n) is 4.91. The van der Waals surface area contributed by atoms with Crippen molar-refractivity contribution >= 4 is 23.1 Å². The molecule has 0 saturated heterocycles. The topological polar surface area (TPSA) is 29.5 Å². The van der Waals surface area contributed by atoms with E-state index in [4.69, 9.17) is 16.3 Å². The Kier molecular flexibility index (Phi) is 3.46. The quantitative estimate of drug-likeness (QED) is 0.787. The molecule has 96 valence electrons. The van der Waals surface area contributed by atoms with E-state index in [9.17, 15) is 4.79 Å². The van der Waals surface area contributed by atoms with Gasteiger partial charge in [0.15, 0.2) is 0 Å². The van der Waals surface area contributed by atoms with Gasteiger partial charge in [0, 0.05) is 12.1 Å². The Morgan fingerprint density at radius 2 is 1.89 bits per heavy atom. The van der Waals surface area contributed by atoms with Crippen LogP contribution in [0.2, 0.25) is 0 Å². The van der Waals surface area contributed by atoms with Crippen LogP contribution in [0.15, 0.2) is 35.4 Å². The molecule has 1 aromatic rings. The summed E-state index contributed by atoms with van der Waals surface area (Å²) in [5.41, 5.74) is 1.00. The number of rotatable bonds is 3. The van der Waals surface area contributed by atoms with Crippen LogP contribution in [0.3, 0.4) is 0 Å². The normalized spacial score (nSPS) is 23.7. The number of likely N-dealkylation sites (N-methyl/N-ethyl adjacent to an activating group) is 1. The number of cyclic esters (lactones) is 1. The van der Waals surface area contributed by atoms with E-state index in [0.29, 0.717) is 6.54 Å². The van der Waals surface area contributed by atoms with Crippen molar-refractivity contribution in [2.75, 3.05) is 20.6 Å². The molecule has 1 aliphatic rings. The molecule has 4 heteroatoms. The Bertz CT molecular complexity index is 496. The highest BCUT2D eigenvalue weighted by molar-refractivity contribution is 6.45. The molecule has 0 bridgehead atoms. The third-order valence-corrected chi connectivity index (χ3v) is 3.27. The van der Waals surface area contributed by atoms with E-state index in [2.05, 4.69) is 0 Å². The van der Waals surface area contributed by atoms with E-state index in [1.165, 1.54) is 0 Å². The molecule has 1 aromatic carbocycles. The van der Waals surface area contributed by atoms with E-state index >= 15 is 0 Å². The van der Waals surface area contributed by atoms with E-state index in [1.54, 1.807) is 0 Å². The minimum absolute atomic E-state index is 0.186. The summed E-state index contributed by atoms with van der Waals surface area (Å²) in [6.07, 6.45) is 0. The zero-order chi connectivity index (χ0) is 13.3. The minimum Gasteiger partial charge on any atom is -0.449 e. The number of esters is 1. The maximum atomic E-state index is 11.7. The Morgan fingerprint density at radius 1 is 1.28 bits per heavy atom. The fourth-order valence-electron chi connectivity index (χ4n) is 2.39. The average Bonchev–Trinajstić information content (AvgIpc) is 2.49. The highest BCUT2D eigenvalue weighted by atomic mass is 35.5. The molecule has 1 aliphatic heterocycles. The Balaban J connectivity index is 2.49. The first-order valence-electron chi connectivity index (χ1n) is 5.78. The molecular weight excluding hydrogens is 250 g/mol. The molecule has 18 heavy (non-hydrogen) atoms. The van der Waals surface area contributed by atoms with E-state index in [1.807, 2.05) is 56.3 Å². The zero-order valence-corrected chi connectivity index (χ0v) is 11.5. The van der Waals surface area contributed by atoms with Gasteiger partial charge in [-0.1, -0.05) is 41.9 Å². The molecule has 3 nitrogen and oxygen atoms in total. The Morgan fingerprint density at radius 3 is 2.44 bits per heavy atom. The number of ether oxygens (including phenoxy) is 1. The van der Waals surface area contributed by atoms with Gasteiger partial charge in [0.2, 0.25) is 0 Å². The minimum atomic E-state index is -0.695. The molecule has 0 aromatic heterocycles. The average molecular weight is 266 g/mol. The number of halogens is 1. The van der Waals surface area contributed by atoms with Crippen LogP contribution >= 0.6 is 11.6 Å². The van der Waals surface area contributed by atoms with Crippen molar-refractivity contribution < 1.29 is 9.53 Å². The maximum absolute atomic E-state index is 11.7. The lowest BCUT2D eigenvalue weighted by Gasteiger charge is -2.29. The lowest BCUT2D eigenvalue weighted by Crippen LogP contribution is -2.39. The van der Waals surface area contributed by atoms with Gasteiger partial charge in [-0.25, -0.2) is 4.79 Å². The van der Waals surface area contributed by atoms with Crippen molar-refractivity contribution in [3.8, 4) is 0 Å². The molecule has 0 fully saturated rings. The van der Waals surface area contributed by atoms with Crippen LogP contribution < -0.4 is 0 Å². The Labute approximate surface area is 112 Å². The third kappa shape index (κ3) is 2.28. The van der Waals surface area contributed by atoms with Crippen LogP contribution in [0.4, 0.5) is 0 Å². The molecule has 0 saturated carbocycles. The third-order valence-electron chi connectivity index (χ3n) is 2.93. The molecule has 0 radical (unpaired) electrons. The molecule has 1 atom stereocenters. The van der Waals surface area contributed by atoms with Crippen LogP contribution in [0.25, 0.3) is 5.57 Å². The second kappa shape index (κ2) is 4.75. The summed E-state index contributed by atoms with van der Waals surface area (Å²) < 4.78 is 5.45. The smallest absolute Gasteiger partial charge is 0.351 e. The van der Waals surface area contributed by atoms with Gasteiger partial charge in [0.25, 0.3) is 0 Å². The lowest BCUT2D eigenvalue weighted by molar-refractivity contribution is -0.145. The first-order valence-corrected chi connectivity index (χ1v) is 6.15. The van der Waals surface area contributed by atoms with Gasteiger partial charge in [-0.3, -0.25) is 0 Å². The number of carbonyl (C=O) groups is 1. The summed E-state index contributed by atoms with van der Waals surface area (Å²) >= 11 is 6.12. The van der Waals surface area contributed by atoms with Crippen LogP contribution in [-0.2, 0) is 9.53 Å². The Hall–Kier alpha value is -1.32. The predicted octanol–water partition coefficient (Wildman–Crippen LogP) is 2.51. The summed E-state index contributed by atoms with van der Waals surface area (Å²) in [5, 5.41) is 0.186. The monoisotopic (exact) mass is 265 g/mol. The lowest BCUT2D eigenvalue weighted by atomic mass is 9.90. The fourth-order valence-corrected chi connectivity index (χ4v) is 2.73. The summed E-state index contributed by atoms with van der Waals surface area (Å²) in [7, 11) is 3.88. The molecule has 0 unspecified atom stereocenters. The number of nitrogens with zero attached hydrogens (tertiary/aromatic N) is 1. The van der Waals surface area contributed by atoms with E-state index in [0.717, 1.165) is 11.1 Å². The van der Waals surface area contributed by atoms with Crippen molar-refractivity contribution in [3.05, 3.63) is 40.9 Å². The molecule has 0 spiro atoms. The van der Waals surface area contributed by atoms with Crippen LogP contribution in [-0.4, -0.2) is 37.1 Å². The maximum Gasteiger partial charge on any atom is 0.351 e. The molecule has 0 N–H and O–H groups in total. The first kappa shape index (κ1) is 13.1. The molecule has 0 amide bonds. The zero-order valence-electron chi connectivity index (χ0n) is 10.7. The van der Waals surface area contributed by atoms with Gasteiger partial charge in [-0.05, 0) is 26.6 Å². The van der Waals surface area contributed by atoms with Gasteiger partial charge >= 0.3 is 5.97 Å². The highest BCUT2D eigenvalue weighted by Crippen LogP contribution is 2.41. The van der Waals surface area contributed by atoms with Crippen molar-refractivity contribution in [1.82, 2.24) is 4.90 Å². The van der Waals surface area contributed by atoms with Crippen LogP contribution in [0, 0.1) is 0 Å². The van der Waals surface area contributed by atoms with Gasteiger partial charge < -0.3 is 9.64 Å². The van der Waals surface area contributed by atoms with E-state index < -0.39 is 11.6 Å². The van der Waals surface area contributed by atoms with Gasteiger partial charge in [0.05, 0.1) is 0 Å². The van der Waals surface area contributed by atoms with Crippen molar-refractivity contribution in [2.24, 2.45) is 0 Å². The largest absolute Gasteiger partial charge is 0.449 e. The SMILES string of the molecule is CN(C)C[C@]1(C)OC(=O)C(Cl)=C1c1ccccc1. The summed E-state index contributed by atoms with van der Waals surface area (Å²) in [4.78, 5) is 13.7. The van der Waals surface area contributed by atoms with Gasteiger partial charge in [-0.15, -0.1) is 0 Å². The fraction of sp³-hybridized carbons (Fsp3) is 0.357. The van der Waals surface area contributed by atoms with Crippen molar-refractivity contribution in [1.29, 1.82) is 0 Å². The summed E-state index contributed by atoms with van der Waals surface area (Å²) in [6, 6.07) is 9.65. The predicted molar refractivity (Wildman–Crippen MR) is 72.3 cm³/mol. The molecule has 1 heterocycles. The number of benzene rings is 1. The van der Waals surface area contributed by atoms with Crippen LogP contribution in [0.5, 0.6) is 0 Å². The molecular formula is C14H16ClNO2.